The summed E-state index contributed by atoms with van der Waals surface area (Å²) in [5, 5.41) is 0. The zero-order valence-electron chi connectivity index (χ0n) is 10.9. The van der Waals surface area contributed by atoms with Gasteiger partial charge in [0.1, 0.15) is 0 Å². The Kier molecular flexibility index (Phi) is 8.78. The normalized spacial score (nSPS) is 19.7. The number of rotatable bonds is 7. The number of ether oxygens (including phenoxy) is 2. The first kappa shape index (κ1) is 17.1. The molecule has 1 saturated heterocycles. The van der Waals surface area contributed by atoms with E-state index in [9.17, 15) is 0 Å². The number of hydrogen-bond donors (Lipinski definition) is 0. The zero-order chi connectivity index (χ0) is 13.5. The van der Waals surface area contributed by atoms with Crippen LogP contribution in [0.25, 0.3) is 0 Å². The summed E-state index contributed by atoms with van der Waals surface area (Å²) in [5.74, 6) is 2.25. The quantitative estimate of drug-likeness (QED) is 0.328. The van der Waals surface area contributed by atoms with Crippen molar-refractivity contribution in [2.45, 2.75) is 40.0 Å². The van der Waals surface area contributed by atoms with Gasteiger partial charge in [-0.1, -0.05) is 0 Å². The van der Waals surface area contributed by atoms with Crippen molar-refractivity contribution >= 4 is 68.1 Å². The van der Waals surface area contributed by atoms with Gasteiger partial charge < -0.3 is 0 Å². The molecule has 1 aliphatic rings. The van der Waals surface area contributed by atoms with Gasteiger partial charge >= 0.3 is 144 Å². The van der Waals surface area contributed by atoms with Crippen LogP contribution >= 0.6 is 23.5 Å². The van der Waals surface area contributed by atoms with Crippen LogP contribution in [0.1, 0.15) is 26.2 Å². The first-order valence-corrected chi connectivity index (χ1v) is 12.7. The van der Waals surface area contributed by atoms with Crippen molar-refractivity contribution in [2.75, 3.05) is 24.7 Å². The standard InChI is InChI=1S/C12H18O2S2Se3/c1-2-15-10-11(19-12(17)18-10)16-8-7-14-9-5-3-4-6-13-9/h9H,2-8H2,1H3. The summed E-state index contributed by atoms with van der Waals surface area (Å²) in [7, 11) is 0. The van der Waals surface area contributed by atoms with Gasteiger partial charge in [0.25, 0.3) is 0 Å². The van der Waals surface area contributed by atoms with E-state index in [2.05, 4.69) is 22.5 Å². The molecular formula is C12H18O2S2Se3. The third kappa shape index (κ3) is 6.20. The van der Waals surface area contributed by atoms with Crippen molar-refractivity contribution < 1.29 is 9.47 Å². The van der Waals surface area contributed by atoms with Crippen molar-refractivity contribution in [2.24, 2.45) is 0 Å². The minimum absolute atomic E-state index is 0.0627. The Bertz CT molecular complexity index is 427. The van der Waals surface area contributed by atoms with Crippen LogP contribution in [-0.2, 0) is 9.47 Å². The average molecular weight is 495 g/mol. The van der Waals surface area contributed by atoms with Gasteiger partial charge in [0, 0.05) is 0 Å². The maximum absolute atomic E-state index is 5.79. The number of thioether (sulfide) groups is 2. The zero-order valence-corrected chi connectivity index (χ0v) is 17.7. The predicted molar refractivity (Wildman–Crippen MR) is 86.0 cm³/mol. The van der Waals surface area contributed by atoms with Crippen LogP contribution in [0.2, 0.25) is 0 Å². The van der Waals surface area contributed by atoms with Crippen molar-refractivity contribution in [3.8, 4) is 0 Å². The van der Waals surface area contributed by atoms with Gasteiger partial charge in [0.2, 0.25) is 0 Å². The Hall–Kier alpha value is 1.79. The Morgan fingerprint density at radius 1 is 1.32 bits per heavy atom. The van der Waals surface area contributed by atoms with Gasteiger partial charge in [-0.15, -0.1) is 0 Å². The van der Waals surface area contributed by atoms with Crippen molar-refractivity contribution in [3.63, 3.8) is 0 Å². The van der Waals surface area contributed by atoms with Gasteiger partial charge in [-0.3, -0.25) is 0 Å². The average Bonchev–Trinajstić information content (AvgIpc) is 2.77. The van der Waals surface area contributed by atoms with E-state index in [-0.39, 0.29) is 6.29 Å². The van der Waals surface area contributed by atoms with E-state index in [1.165, 1.54) is 18.6 Å². The molecule has 2 nitrogen and oxygen atoms in total. The molecule has 0 bridgehead atoms. The van der Waals surface area contributed by atoms with Crippen LogP contribution in [0.3, 0.4) is 0 Å². The van der Waals surface area contributed by atoms with Crippen molar-refractivity contribution in [1.82, 2.24) is 0 Å². The molecule has 0 aromatic carbocycles. The summed E-state index contributed by atoms with van der Waals surface area (Å²) in [6, 6.07) is 0. The fraction of sp³-hybridized carbons (Fsp3) is 0.750. The van der Waals surface area contributed by atoms with E-state index < -0.39 is 0 Å². The van der Waals surface area contributed by atoms with E-state index in [1.807, 2.05) is 23.5 Å². The molecule has 1 fully saturated rings. The van der Waals surface area contributed by atoms with Gasteiger partial charge in [-0.2, -0.15) is 0 Å². The third-order valence-corrected chi connectivity index (χ3v) is 13.8. The molecule has 0 saturated carbocycles. The van der Waals surface area contributed by atoms with Crippen LogP contribution in [0, 0.1) is 1.81 Å². The molecule has 1 aliphatic heterocycles. The SMILES string of the molecule is CCSc1[se]c(=[Se])[se]c1SCCOC1CCCCO1. The molecule has 0 amide bonds. The van der Waals surface area contributed by atoms with Crippen molar-refractivity contribution in [1.29, 1.82) is 0 Å². The fourth-order valence-electron chi connectivity index (χ4n) is 1.72. The molecule has 1 aromatic rings. The van der Waals surface area contributed by atoms with E-state index in [1.54, 1.807) is 9.35 Å². The first-order valence-electron chi connectivity index (χ1n) is 6.42. The summed E-state index contributed by atoms with van der Waals surface area (Å²) in [6.45, 7) is 3.93. The second kappa shape index (κ2) is 9.73. The Balaban J connectivity index is 1.71. The van der Waals surface area contributed by atoms with Gasteiger partial charge in [-0.05, 0) is 0 Å². The number of hydrogen-bond acceptors (Lipinski definition) is 4. The maximum atomic E-state index is 5.79. The molecule has 19 heavy (non-hydrogen) atoms. The van der Waals surface area contributed by atoms with E-state index >= 15 is 0 Å². The van der Waals surface area contributed by atoms with Crippen molar-refractivity contribution in [3.05, 3.63) is 1.81 Å². The van der Waals surface area contributed by atoms with Gasteiger partial charge in [0.15, 0.2) is 0 Å². The van der Waals surface area contributed by atoms with Crippen LogP contribution in [0.5, 0.6) is 0 Å². The molecule has 2 rings (SSSR count). The van der Waals surface area contributed by atoms with Crippen LogP contribution in [0.15, 0.2) is 7.54 Å². The Labute approximate surface area is 143 Å². The predicted octanol–water partition coefficient (Wildman–Crippen LogP) is 2.25. The Morgan fingerprint density at radius 3 is 2.79 bits per heavy atom. The summed E-state index contributed by atoms with van der Waals surface area (Å²) in [4.78, 5) is 0. The molecule has 1 unspecified atom stereocenters. The summed E-state index contributed by atoms with van der Waals surface area (Å²) in [5.41, 5.74) is 0. The van der Waals surface area contributed by atoms with Crippen LogP contribution < -0.4 is 0 Å². The first-order chi connectivity index (χ1) is 9.29. The Morgan fingerprint density at radius 2 is 2.11 bits per heavy atom. The van der Waals surface area contributed by atoms with Gasteiger partial charge in [0.05, 0.1) is 0 Å². The second-order valence-electron chi connectivity index (χ2n) is 3.98. The van der Waals surface area contributed by atoms with E-state index in [0.717, 1.165) is 25.4 Å². The van der Waals surface area contributed by atoms with E-state index in [0.29, 0.717) is 29.0 Å². The van der Waals surface area contributed by atoms with Crippen LogP contribution in [-0.4, -0.2) is 75.6 Å². The second-order valence-corrected chi connectivity index (χ2v) is 16.6. The molecule has 7 heteroatoms. The fourth-order valence-corrected chi connectivity index (χ4v) is 15.6. The molecule has 1 aromatic heterocycles. The summed E-state index contributed by atoms with van der Waals surface area (Å²) < 4.78 is 16.3. The minimum atomic E-state index is 0.0627. The molecule has 108 valence electrons. The topological polar surface area (TPSA) is 18.5 Å². The molecule has 0 N–H and O–H groups in total. The van der Waals surface area contributed by atoms with E-state index in [4.69, 9.17) is 9.47 Å². The molecule has 0 radical (unpaired) electrons. The molecular weight excluding hydrogens is 477 g/mol. The van der Waals surface area contributed by atoms with Gasteiger partial charge in [-0.25, -0.2) is 0 Å². The summed E-state index contributed by atoms with van der Waals surface area (Å²) in [6.07, 6.45) is 3.57. The summed E-state index contributed by atoms with van der Waals surface area (Å²) >= 11 is 8.48. The molecule has 2 heterocycles. The monoisotopic (exact) mass is 498 g/mol. The third-order valence-electron chi connectivity index (χ3n) is 2.55. The molecule has 0 spiro atoms. The molecule has 0 aliphatic carbocycles. The van der Waals surface area contributed by atoms with Crippen LogP contribution in [0.4, 0.5) is 0 Å². The molecule has 1 atom stereocenters.